The fraction of sp³-hybridized carbons (Fsp3) is 0.286. The summed E-state index contributed by atoms with van der Waals surface area (Å²) in [6.45, 7) is 3.89. The van der Waals surface area contributed by atoms with E-state index in [2.05, 4.69) is 0 Å². The van der Waals surface area contributed by atoms with Crippen molar-refractivity contribution in [2.45, 2.75) is 20.3 Å². The number of ether oxygens (including phenoxy) is 1. The Balaban J connectivity index is 2.24. The Morgan fingerprint density at radius 3 is 2.72 bits per heavy atom. The lowest BCUT2D eigenvalue weighted by Gasteiger charge is -2.06. The Morgan fingerprint density at radius 1 is 1.28 bits per heavy atom. The first-order valence-corrected chi connectivity index (χ1v) is 5.79. The summed E-state index contributed by atoms with van der Waals surface area (Å²) >= 11 is 0. The minimum Gasteiger partial charge on any atom is -0.426 e. The van der Waals surface area contributed by atoms with Crippen LogP contribution in [0.4, 0.5) is 0 Å². The molecule has 2 aromatic rings. The molecule has 0 spiro atoms. The standard InChI is InChI=1S/C14H14O4/c1-9(2)7-14(16)17-11-5-3-10-4-6-13(15)18-12(10)8-11/h3-6,8-9H,7H2,1-2H3. The second kappa shape index (κ2) is 5.04. The third-order valence-electron chi connectivity index (χ3n) is 2.40. The molecule has 0 aliphatic heterocycles. The van der Waals surface area contributed by atoms with Gasteiger partial charge in [-0.1, -0.05) is 13.8 Å². The molecular formula is C14H14O4. The van der Waals surface area contributed by atoms with Crippen molar-refractivity contribution in [1.82, 2.24) is 0 Å². The van der Waals surface area contributed by atoms with E-state index in [1.165, 1.54) is 6.07 Å². The number of fused-ring (bicyclic) bond motifs is 1. The Bertz CT molecular complexity index is 625. The van der Waals surface area contributed by atoms with Gasteiger partial charge in [-0.15, -0.1) is 0 Å². The van der Waals surface area contributed by atoms with Gasteiger partial charge in [-0.05, 0) is 24.1 Å². The van der Waals surface area contributed by atoms with Crippen LogP contribution >= 0.6 is 0 Å². The highest BCUT2D eigenvalue weighted by Gasteiger charge is 2.08. The van der Waals surface area contributed by atoms with E-state index >= 15 is 0 Å². The van der Waals surface area contributed by atoms with Crippen molar-refractivity contribution in [3.63, 3.8) is 0 Å². The first kappa shape index (κ1) is 12.4. The minimum atomic E-state index is -0.423. The van der Waals surface area contributed by atoms with E-state index < -0.39 is 5.63 Å². The largest absolute Gasteiger partial charge is 0.426 e. The molecule has 0 aliphatic carbocycles. The van der Waals surface area contributed by atoms with E-state index in [1.807, 2.05) is 13.8 Å². The summed E-state index contributed by atoms with van der Waals surface area (Å²) in [4.78, 5) is 22.6. The van der Waals surface area contributed by atoms with Gasteiger partial charge in [0.05, 0.1) is 0 Å². The van der Waals surface area contributed by atoms with Crippen LogP contribution in [0.2, 0.25) is 0 Å². The SMILES string of the molecule is CC(C)CC(=O)Oc1ccc2ccc(=O)oc2c1. The predicted octanol–water partition coefficient (Wildman–Crippen LogP) is 2.74. The zero-order chi connectivity index (χ0) is 13.1. The molecule has 4 nitrogen and oxygen atoms in total. The number of carbonyl (C=O) groups is 1. The molecule has 0 saturated carbocycles. The van der Waals surface area contributed by atoms with Gasteiger partial charge in [0.2, 0.25) is 0 Å². The number of benzene rings is 1. The van der Waals surface area contributed by atoms with E-state index in [4.69, 9.17) is 9.15 Å². The van der Waals surface area contributed by atoms with Crippen LogP contribution < -0.4 is 10.4 Å². The molecule has 0 N–H and O–H groups in total. The van der Waals surface area contributed by atoms with Crippen molar-refractivity contribution in [1.29, 1.82) is 0 Å². The molecule has 0 aliphatic rings. The maximum absolute atomic E-state index is 11.5. The lowest BCUT2D eigenvalue weighted by Crippen LogP contribution is -2.10. The van der Waals surface area contributed by atoms with Crippen LogP contribution in [0.3, 0.4) is 0 Å². The molecule has 0 unspecified atom stereocenters. The minimum absolute atomic E-state index is 0.246. The molecule has 0 amide bonds. The van der Waals surface area contributed by atoms with Crippen LogP contribution in [-0.4, -0.2) is 5.97 Å². The highest BCUT2D eigenvalue weighted by atomic mass is 16.5. The van der Waals surface area contributed by atoms with Gasteiger partial charge < -0.3 is 9.15 Å². The fourth-order valence-corrected chi connectivity index (χ4v) is 1.61. The molecule has 0 fully saturated rings. The topological polar surface area (TPSA) is 56.5 Å². The van der Waals surface area contributed by atoms with Gasteiger partial charge in [0.25, 0.3) is 0 Å². The first-order valence-electron chi connectivity index (χ1n) is 5.79. The summed E-state index contributed by atoms with van der Waals surface area (Å²) in [6.07, 6.45) is 0.358. The Labute approximate surface area is 104 Å². The highest BCUT2D eigenvalue weighted by molar-refractivity contribution is 5.79. The second-order valence-electron chi connectivity index (χ2n) is 4.53. The van der Waals surface area contributed by atoms with Crippen LogP contribution in [0.15, 0.2) is 39.5 Å². The Kier molecular flexibility index (Phi) is 3.46. The highest BCUT2D eigenvalue weighted by Crippen LogP contribution is 2.20. The van der Waals surface area contributed by atoms with Gasteiger partial charge in [-0.2, -0.15) is 0 Å². The lowest BCUT2D eigenvalue weighted by molar-refractivity contribution is -0.135. The van der Waals surface area contributed by atoms with Crippen molar-refractivity contribution in [2.24, 2.45) is 5.92 Å². The molecular weight excluding hydrogens is 232 g/mol. The maximum Gasteiger partial charge on any atom is 0.336 e. The van der Waals surface area contributed by atoms with Gasteiger partial charge in [0.1, 0.15) is 11.3 Å². The van der Waals surface area contributed by atoms with Crippen LogP contribution in [0.1, 0.15) is 20.3 Å². The number of carbonyl (C=O) groups excluding carboxylic acids is 1. The van der Waals surface area contributed by atoms with Gasteiger partial charge in [-0.3, -0.25) is 4.79 Å². The van der Waals surface area contributed by atoms with E-state index in [0.29, 0.717) is 17.8 Å². The van der Waals surface area contributed by atoms with Crippen LogP contribution in [-0.2, 0) is 4.79 Å². The van der Waals surface area contributed by atoms with Crippen molar-refractivity contribution in [3.8, 4) is 5.75 Å². The third kappa shape index (κ3) is 2.97. The summed E-state index contributed by atoms with van der Waals surface area (Å²) < 4.78 is 10.2. The van der Waals surface area contributed by atoms with Gasteiger partial charge in [-0.25, -0.2) is 4.79 Å². The number of esters is 1. The molecule has 0 saturated heterocycles. The first-order chi connectivity index (χ1) is 8.54. The van der Waals surface area contributed by atoms with E-state index in [0.717, 1.165) is 5.39 Å². The molecule has 94 valence electrons. The zero-order valence-corrected chi connectivity index (χ0v) is 10.3. The Morgan fingerprint density at radius 2 is 2.00 bits per heavy atom. The molecule has 2 rings (SSSR count). The zero-order valence-electron chi connectivity index (χ0n) is 10.3. The molecule has 0 radical (unpaired) electrons. The summed E-state index contributed by atoms with van der Waals surface area (Å²) in [5.74, 6) is 0.348. The van der Waals surface area contributed by atoms with Crippen molar-refractivity contribution in [2.75, 3.05) is 0 Å². The predicted molar refractivity (Wildman–Crippen MR) is 67.6 cm³/mol. The monoisotopic (exact) mass is 246 g/mol. The average Bonchev–Trinajstić information content (AvgIpc) is 2.27. The van der Waals surface area contributed by atoms with Crippen LogP contribution in [0, 0.1) is 5.92 Å². The van der Waals surface area contributed by atoms with Crippen LogP contribution in [0.5, 0.6) is 5.75 Å². The maximum atomic E-state index is 11.5. The molecule has 1 aromatic heterocycles. The normalized spacial score (nSPS) is 10.8. The van der Waals surface area contributed by atoms with Crippen molar-refractivity contribution < 1.29 is 13.9 Å². The molecule has 1 heterocycles. The average molecular weight is 246 g/mol. The smallest absolute Gasteiger partial charge is 0.336 e. The fourth-order valence-electron chi connectivity index (χ4n) is 1.61. The lowest BCUT2D eigenvalue weighted by atomic mass is 10.1. The van der Waals surface area contributed by atoms with Crippen molar-refractivity contribution in [3.05, 3.63) is 40.8 Å². The van der Waals surface area contributed by atoms with E-state index in [-0.39, 0.29) is 11.9 Å². The molecule has 18 heavy (non-hydrogen) atoms. The summed E-state index contributed by atoms with van der Waals surface area (Å²) in [6, 6.07) is 8.00. The van der Waals surface area contributed by atoms with E-state index in [9.17, 15) is 9.59 Å². The van der Waals surface area contributed by atoms with Gasteiger partial charge in [0, 0.05) is 23.9 Å². The summed E-state index contributed by atoms with van der Waals surface area (Å²) in [5.41, 5.74) is -0.00879. The summed E-state index contributed by atoms with van der Waals surface area (Å²) in [7, 11) is 0. The Hall–Kier alpha value is -2.10. The molecule has 1 aromatic carbocycles. The summed E-state index contributed by atoms with van der Waals surface area (Å²) in [5, 5.41) is 0.790. The molecule has 4 heteroatoms. The van der Waals surface area contributed by atoms with Gasteiger partial charge >= 0.3 is 11.6 Å². The second-order valence-corrected chi connectivity index (χ2v) is 4.53. The van der Waals surface area contributed by atoms with E-state index in [1.54, 1.807) is 24.3 Å². The molecule has 0 bridgehead atoms. The van der Waals surface area contributed by atoms with Crippen molar-refractivity contribution >= 4 is 16.9 Å². The quantitative estimate of drug-likeness (QED) is 0.474. The number of hydrogen-bond donors (Lipinski definition) is 0. The van der Waals surface area contributed by atoms with Gasteiger partial charge in [0.15, 0.2) is 0 Å². The third-order valence-corrected chi connectivity index (χ3v) is 2.40. The van der Waals surface area contributed by atoms with Crippen LogP contribution in [0.25, 0.3) is 11.0 Å². The molecule has 0 atom stereocenters. The number of hydrogen-bond acceptors (Lipinski definition) is 4. The number of rotatable bonds is 3.